The van der Waals surface area contributed by atoms with E-state index < -0.39 is 0 Å². The molecule has 1 unspecified atom stereocenters. The summed E-state index contributed by atoms with van der Waals surface area (Å²) in [6.45, 7) is 6.59. The van der Waals surface area contributed by atoms with Crippen molar-refractivity contribution >= 4 is 19.4 Å². The van der Waals surface area contributed by atoms with E-state index in [2.05, 4.69) is 43.8 Å². The molecule has 2 fully saturated rings. The number of rotatable bonds is 3. The van der Waals surface area contributed by atoms with E-state index in [4.69, 9.17) is 0 Å². The summed E-state index contributed by atoms with van der Waals surface area (Å²) in [5, 5.41) is 0. The third kappa shape index (κ3) is 1.80. The maximum absolute atomic E-state index is 4.33. The van der Waals surface area contributed by atoms with E-state index in [1.165, 1.54) is 31.3 Å². The summed E-state index contributed by atoms with van der Waals surface area (Å²) in [4.78, 5) is 0. The zero-order valence-electron chi connectivity index (χ0n) is 10.5. The molecule has 2 aliphatic rings. The Bertz CT molecular complexity index is 408. The number of hydrogen-bond acceptors (Lipinski definition) is 0. The minimum atomic E-state index is 0.519. The molecule has 0 aliphatic heterocycles. The Morgan fingerprint density at radius 2 is 1.76 bits per heavy atom. The number of benzene rings is 1. The Kier molecular flexibility index (Phi) is 2.92. The Balaban J connectivity index is 1.85. The molecular weight excluding hydrogens is 271 g/mol. The van der Waals surface area contributed by atoms with Crippen molar-refractivity contribution in [1.29, 1.82) is 0 Å². The first kappa shape index (κ1) is 11.6. The second-order valence-electron chi connectivity index (χ2n) is 5.49. The van der Waals surface area contributed by atoms with Gasteiger partial charge in [-0.1, -0.05) is 0 Å². The average Bonchev–Trinajstić information content (AvgIpc) is 3.00. The van der Waals surface area contributed by atoms with Gasteiger partial charge in [0.2, 0.25) is 0 Å². The van der Waals surface area contributed by atoms with Crippen molar-refractivity contribution in [3.8, 4) is 0 Å². The number of allylic oxidation sites excluding steroid dienone is 1. The van der Waals surface area contributed by atoms with E-state index in [0.717, 1.165) is 11.8 Å². The van der Waals surface area contributed by atoms with Gasteiger partial charge in [0.1, 0.15) is 0 Å². The van der Waals surface area contributed by atoms with Crippen molar-refractivity contribution in [3.63, 3.8) is 0 Å². The average molecular weight is 291 g/mol. The molecule has 0 N–H and O–H groups in total. The van der Waals surface area contributed by atoms with E-state index in [1.54, 1.807) is 4.46 Å². The van der Waals surface area contributed by atoms with Crippen molar-refractivity contribution < 1.29 is 0 Å². The Morgan fingerprint density at radius 3 is 2.29 bits per heavy atom. The van der Waals surface area contributed by atoms with Gasteiger partial charge in [0.25, 0.3) is 0 Å². The van der Waals surface area contributed by atoms with Gasteiger partial charge in [0, 0.05) is 0 Å². The molecule has 1 heteroatoms. The Labute approximate surface area is 111 Å². The summed E-state index contributed by atoms with van der Waals surface area (Å²) in [6.07, 6.45) is 5.79. The topological polar surface area (TPSA) is 0 Å². The molecule has 2 saturated carbocycles. The van der Waals surface area contributed by atoms with Gasteiger partial charge in [0.15, 0.2) is 0 Å². The van der Waals surface area contributed by atoms with Crippen molar-refractivity contribution in [3.05, 3.63) is 42.5 Å². The van der Waals surface area contributed by atoms with Crippen LogP contribution < -0.4 is 4.46 Å². The third-order valence-corrected chi connectivity index (χ3v) is 8.23. The monoisotopic (exact) mass is 292 g/mol. The quantitative estimate of drug-likeness (QED) is 0.590. The molecule has 0 amide bonds. The molecule has 1 aromatic rings. The molecule has 0 bridgehead atoms. The normalized spacial score (nSPS) is 35.1. The first-order valence-electron chi connectivity index (χ1n) is 6.65. The van der Waals surface area contributed by atoms with Crippen molar-refractivity contribution in [2.24, 2.45) is 11.8 Å². The molecule has 0 saturated heterocycles. The van der Waals surface area contributed by atoms with Gasteiger partial charge in [-0.3, -0.25) is 0 Å². The second kappa shape index (κ2) is 4.30. The summed E-state index contributed by atoms with van der Waals surface area (Å²) >= 11 is 0.583. The third-order valence-electron chi connectivity index (χ3n) is 4.46. The van der Waals surface area contributed by atoms with Crippen LogP contribution in [0.5, 0.6) is 0 Å². The second-order valence-corrected chi connectivity index (χ2v) is 8.32. The van der Waals surface area contributed by atoms with Gasteiger partial charge < -0.3 is 0 Å². The predicted molar refractivity (Wildman–Crippen MR) is 74.8 cm³/mol. The van der Waals surface area contributed by atoms with Crippen LogP contribution in [0, 0.1) is 11.8 Å². The maximum atomic E-state index is 4.33. The summed E-state index contributed by atoms with van der Waals surface area (Å²) in [7, 11) is 0. The molecule has 0 spiro atoms. The summed E-state index contributed by atoms with van der Waals surface area (Å²) in [6, 6.07) is 11.1. The van der Waals surface area contributed by atoms with Crippen LogP contribution >= 0.6 is 0 Å². The van der Waals surface area contributed by atoms with Gasteiger partial charge in [-0.2, -0.15) is 0 Å². The van der Waals surface area contributed by atoms with Crippen LogP contribution in [0.3, 0.4) is 0 Å². The van der Waals surface area contributed by atoms with E-state index in [1.807, 2.05) is 0 Å². The van der Waals surface area contributed by atoms with E-state index in [-0.39, 0.29) is 0 Å². The van der Waals surface area contributed by atoms with Crippen LogP contribution in [-0.4, -0.2) is 15.0 Å². The van der Waals surface area contributed by atoms with Gasteiger partial charge >= 0.3 is 111 Å². The van der Waals surface area contributed by atoms with Crippen LogP contribution in [0.25, 0.3) is 0 Å². The molecule has 0 aromatic heterocycles. The summed E-state index contributed by atoms with van der Waals surface area (Å²) in [5.74, 6) is 1.93. The fraction of sp³-hybridized carbons (Fsp3) is 0.500. The van der Waals surface area contributed by atoms with Gasteiger partial charge in [0.05, 0.1) is 0 Å². The fourth-order valence-corrected chi connectivity index (χ4v) is 7.10. The standard InChI is InChI=1S/C16H20Se/c1-12(2)16(14-10-6-7-11-15(14)16)17-13-8-4-3-5-9-13/h3-5,8-9,14-15H,1,6-7,10-11H2,2H3/t14-,15+,16?. The van der Waals surface area contributed by atoms with E-state index >= 15 is 0 Å². The van der Waals surface area contributed by atoms with Crippen LogP contribution in [-0.2, 0) is 0 Å². The molecule has 90 valence electrons. The Hall–Kier alpha value is -0.521. The molecule has 3 rings (SSSR count). The molecule has 3 atom stereocenters. The van der Waals surface area contributed by atoms with Crippen molar-refractivity contribution in [1.82, 2.24) is 0 Å². The minimum absolute atomic E-state index is 0.519. The zero-order chi connectivity index (χ0) is 11.9. The van der Waals surface area contributed by atoms with E-state index in [0.29, 0.717) is 19.3 Å². The van der Waals surface area contributed by atoms with Gasteiger partial charge in [-0.25, -0.2) is 0 Å². The fourth-order valence-electron chi connectivity index (χ4n) is 3.62. The summed E-state index contributed by atoms with van der Waals surface area (Å²) < 4.78 is 2.07. The molecule has 0 nitrogen and oxygen atoms in total. The van der Waals surface area contributed by atoms with E-state index in [9.17, 15) is 0 Å². The number of hydrogen-bond donors (Lipinski definition) is 0. The molecule has 17 heavy (non-hydrogen) atoms. The van der Waals surface area contributed by atoms with Crippen LogP contribution in [0.15, 0.2) is 42.5 Å². The van der Waals surface area contributed by atoms with Crippen LogP contribution in [0.2, 0.25) is 4.31 Å². The van der Waals surface area contributed by atoms with Crippen LogP contribution in [0.4, 0.5) is 0 Å². The van der Waals surface area contributed by atoms with Crippen LogP contribution in [0.1, 0.15) is 32.6 Å². The number of fused-ring (bicyclic) bond motifs is 1. The Morgan fingerprint density at radius 1 is 1.18 bits per heavy atom. The SMILES string of the molecule is C=C(C)C1([Se]c2ccccc2)[C@@H]2CCCC[C@@H]21. The van der Waals surface area contributed by atoms with Crippen molar-refractivity contribution in [2.45, 2.75) is 36.9 Å². The predicted octanol–water partition coefficient (Wildman–Crippen LogP) is 3.57. The van der Waals surface area contributed by atoms with Gasteiger partial charge in [-0.15, -0.1) is 0 Å². The molecule has 0 radical (unpaired) electrons. The molecule has 2 aliphatic carbocycles. The van der Waals surface area contributed by atoms with Gasteiger partial charge in [-0.05, 0) is 0 Å². The first-order chi connectivity index (χ1) is 8.25. The zero-order valence-corrected chi connectivity index (χ0v) is 12.2. The van der Waals surface area contributed by atoms with Crippen molar-refractivity contribution in [2.75, 3.05) is 0 Å². The molecule has 1 aromatic carbocycles. The summed E-state index contributed by atoms with van der Waals surface area (Å²) in [5.41, 5.74) is 1.46. The molecular formula is C16H20Se. The first-order valence-corrected chi connectivity index (χ1v) is 8.36. The molecule has 0 heterocycles.